The van der Waals surface area contributed by atoms with Crippen LogP contribution in [0.1, 0.15) is 24.5 Å². The lowest BCUT2D eigenvalue weighted by atomic mass is 10.0. The average Bonchev–Trinajstić information content (AvgIpc) is 2.40. The second kappa shape index (κ2) is 6.66. The number of hydrogen-bond donors (Lipinski definition) is 1. The van der Waals surface area contributed by atoms with E-state index >= 15 is 0 Å². The van der Waals surface area contributed by atoms with Crippen molar-refractivity contribution in [3.63, 3.8) is 0 Å². The van der Waals surface area contributed by atoms with Crippen LogP contribution >= 0.6 is 0 Å². The first-order chi connectivity index (χ1) is 9.95. The molecule has 1 N–H and O–H groups in total. The fraction of sp³-hybridized carbons (Fsp3) is 0.294. The van der Waals surface area contributed by atoms with Gasteiger partial charge in [0.1, 0.15) is 11.5 Å². The van der Waals surface area contributed by atoms with Crippen molar-refractivity contribution >= 4 is 5.69 Å². The van der Waals surface area contributed by atoms with E-state index in [1.807, 2.05) is 32.0 Å². The third-order valence-electron chi connectivity index (χ3n) is 3.35. The van der Waals surface area contributed by atoms with E-state index in [2.05, 4.69) is 11.4 Å². The summed E-state index contributed by atoms with van der Waals surface area (Å²) in [5.41, 5.74) is 2.10. The van der Waals surface area contributed by atoms with Crippen molar-refractivity contribution in [2.75, 3.05) is 5.32 Å². The molecule has 2 aromatic rings. The van der Waals surface area contributed by atoms with Crippen LogP contribution in [-0.2, 0) is 6.42 Å². The Balaban J connectivity index is 1.97. The molecule has 0 aliphatic carbocycles. The molecule has 0 aliphatic heterocycles. The Morgan fingerprint density at radius 3 is 2.33 bits per heavy atom. The molecule has 1 atom stereocenters. The van der Waals surface area contributed by atoms with Crippen molar-refractivity contribution in [3.8, 4) is 0 Å². The maximum absolute atomic E-state index is 13.5. The molecule has 2 aromatic carbocycles. The molecule has 0 aromatic heterocycles. The lowest BCUT2D eigenvalue weighted by Gasteiger charge is -2.16. The summed E-state index contributed by atoms with van der Waals surface area (Å²) >= 11 is 0. The number of benzene rings is 2. The zero-order chi connectivity index (χ0) is 15.4. The zero-order valence-electron chi connectivity index (χ0n) is 12.1. The van der Waals surface area contributed by atoms with Gasteiger partial charge < -0.3 is 5.32 Å². The van der Waals surface area contributed by atoms with Crippen LogP contribution in [0.15, 0.2) is 36.4 Å². The lowest BCUT2D eigenvalue weighted by molar-refractivity contribution is 0.543. The van der Waals surface area contributed by atoms with Crippen molar-refractivity contribution in [3.05, 3.63) is 65.0 Å². The van der Waals surface area contributed by atoms with Gasteiger partial charge in [0.05, 0.1) is 0 Å². The van der Waals surface area contributed by atoms with Crippen LogP contribution in [0.25, 0.3) is 0 Å². The van der Waals surface area contributed by atoms with E-state index in [1.54, 1.807) is 0 Å². The molecule has 112 valence electrons. The van der Waals surface area contributed by atoms with Crippen LogP contribution in [0.4, 0.5) is 18.9 Å². The van der Waals surface area contributed by atoms with Gasteiger partial charge >= 0.3 is 0 Å². The third kappa shape index (κ3) is 4.25. The largest absolute Gasteiger partial charge is 0.378 e. The molecule has 0 saturated carbocycles. The minimum absolute atomic E-state index is 0.125. The van der Waals surface area contributed by atoms with Crippen LogP contribution in [-0.4, -0.2) is 6.04 Å². The number of aryl methyl sites for hydroxylation is 2. The van der Waals surface area contributed by atoms with Gasteiger partial charge in [0, 0.05) is 18.2 Å². The SMILES string of the molecule is Cc1cccc(CCC(C)Nc2c(F)cc(F)cc2F)c1. The molecule has 0 spiro atoms. The van der Waals surface area contributed by atoms with E-state index in [-0.39, 0.29) is 11.7 Å². The molecule has 1 unspecified atom stereocenters. The predicted octanol–water partition coefficient (Wildman–Crippen LogP) is 4.85. The number of hydrogen-bond acceptors (Lipinski definition) is 1. The lowest BCUT2D eigenvalue weighted by Crippen LogP contribution is -2.18. The van der Waals surface area contributed by atoms with Crippen LogP contribution < -0.4 is 5.32 Å². The number of nitrogens with one attached hydrogen (secondary N) is 1. The quantitative estimate of drug-likeness (QED) is 0.831. The molecule has 0 heterocycles. The third-order valence-corrected chi connectivity index (χ3v) is 3.35. The highest BCUT2D eigenvalue weighted by molar-refractivity contribution is 5.47. The Morgan fingerprint density at radius 1 is 1.05 bits per heavy atom. The summed E-state index contributed by atoms with van der Waals surface area (Å²) in [5, 5.41) is 2.77. The smallest absolute Gasteiger partial charge is 0.152 e. The van der Waals surface area contributed by atoms with Gasteiger partial charge in [-0.05, 0) is 32.3 Å². The van der Waals surface area contributed by atoms with Gasteiger partial charge in [0.2, 0.25) is 0 Å². The van der Waals surface area contributed by atoms with Gasteiger partial charge in [0.15, 0.2) is 11.6 Å². The normalized spacial score (nSPS) is 12.2. The molecule has 21 heavy (non-hydrogen) atoms. The Hall–Kier alpha value is -1.97. The van der Waals surface area contributed by atoms with Crippen LogP contribution in [0.2, 0.25) is 0 Å². The molecule has 2 rings (SSSR count). The second-order valence-electron chi connectivity index (χ2n) is 5.32. The van der Waals surface area contributed by atoms with Crippen molar-refractivity contribution < 1.29 is 13.2 Å². The van der Waals surface area contributed by atoms with Gasteiger partial charge in [-0.1, -0.05) is 29.8 Å². The van der Waals surface area contributed by atoms with Gasteiger partial charge in [0.25, 0.3) is 0 Å². The predicted molar refractivity (Wildman–Crippen MR) is 78.9 cm³/mol. The topological polar surface area (TPSA) is 12.0 Å². The summed E-state index contributed by atoms with van der Waals surface area (Å²) in [6.07, 6.45) is 1.53. The minimum atomic E-state index is -0.914. The summed E-state index contributed by atoms with van der Waals surface area (Å²) in [4.78, 5) is 0. The summed E-state index contributed by atoms with van der Waals surface area (Å²) < 4.78 is 39.9. The van der Waals surface area contributed by atoms with Crippen molar-refractivity contribution in [2.45, 2.75) is 32.7 Å². The molecule has 0 bridgehead atoms. The summed E-state index contributed by atoms with van der Waals surface area (Å²) in [6.45, 7) is 3.87. The van der Waals surface area contributed by atoms with Gasteiger partial charge in [-0.15, -0.1) is 0 Å². The molecule has 0 saturated heterocycles. The van der Waals surface area contributed by atoms with E-state index in [0.29, 0.717) is 12.1 Å². The van der Waals surface area contributed by atoms with E-state index in [1.165, 1.54) is 11.1 Å². The molecule has 1 nitrogen and oxygen atoms in total. The maximum atomic E-state index is 13.5. The van der Waals surface area contributed by atoms with Gasteiger partial charge in [-0.3, -0.25) is 0 Å². The Kier molecular flexibility index (Phi) is 4.89. The number of rotatable bonds is 5. The number of halogens is 3. The van der Waals surface area contributed by atoms with Gasteiger partial charge in [-0.25, -0.2) is 13.2 Å². The number of anilines is 1. The standard InChI is InChI=1S/C17H18F3N/c1-11-4-3-5-13(8-11)7-6-12(2)21-17-15(19)9-14(18)10-16(17)20/h3-5,8-10,12,21H,6-7H2,1-2H3. The fourth-order valence-electron chi connectivity index (χ4n) is 2.25. The second-order valence-corrected chi connectivity index (χ2v) is 5.32. The summed E-state index contributed by atoms with van der Waals surface area (Å²) in [5.74, 6) is -2.73. The van der Waals surface area contributed by atoms with E-state index in [0.717, 1.165) is 12.8 Å². The Bertz CT molecular complexity index is 602. The Morgan fingerprint density at radius 2 is 1.71 bits per heavy atom. The molecule has 4 heteroatoms. The van der Waals surface area contributed by atoms with E-state index in [9.17, 15) is 13.2 Å². The van der Waals surface area contributed by atoms with Crippen molar-refractivity contribution in [2.24, 2.45) is 0 Å². The molecular formula is C17H18F3N. The van der Waals surface area contributed by atoms with Crippen LogP contribution in [0.5, 0.6) is 0 Å². The Labute approximate surface area is 122 Å². The van der Waals surface area contributed by atoms with Crippen molar-refractivity contribution in [1.29, 1.82) is 0 Å². The minimum Gasteiger partial charge on any atom is -0.378 e. The summed E-state index contributed by atoms with van der Waals surface area (Å²) in [7, 11) is 0. The van der Waals surface area contributed by atoms with Gasteiger partial charge in [-0.2, -0.15) is 0 Å². The molecular weight excluding hydrogens is 275 g/mol. The summed E-state index contributed by atoms with van der Waals surface area (Å²) in [6, 6.07) is 9.36. The van der Waals surface area contributed by atoms with Crippen molar-refractivity contribution in [1.82, 2.24) is 0 Å². The molecule has 0 aliphatic rings. The maximum Gasteiger partial charge on any atom is 0.152 e. The first-order valence-corrected chi connectivity index (χ1v) is 6.92. The first-order valence-electron chi connectivity index (χ1n) is 6.92. The molecule has 0 radical (unpaired) electrons. The van der Waals surface area contributed by atoms with E-state index in [4.69, 9.17) is 0 Å². The van der Waals surface area contributed by atoms with E-state index < -0.39 is 17.5 Å². The first kappa shape index (κ1) is 15.4. The molecule has 0 fully saturated rings. The fourth-order valence-corrected chi connectivity index (χ4v) is 2.25. The van der Waals surface area contributed by atoms with Crippen LogP contribution in [0, 0.1) is 24.4 Å². The van der Waals surface area contributed by atoms with Crippen LogP contribution in [0.3, 0.4) is 0 Å². The zero-order valence-corrected chi connectivity index (χ0v) is 12.1. The highest BCUT2D eigenvalue weighted by atomic mass is 19.1. The highest BCUT2D eigenvalue weighted by Gasteiger charge is 2.13. The highest BCUT2D eigenvalue weighted by Crippen LogP contribution is 2.22. The average molecular weight is 293 g/mol. The molecule has 0 amide bonds. The monoisotopic (exact) mass is 293 g/mol.